The average Bonchev–Trinajstić information content (AvgIpc) is 3.10. The van der Waals surface area contributed by atoms with Crippen LogP contribution in [0, 0.1) is 33.5 Å². The van der Waals surface area contributed by atoms with Crippen molar-refractivity contribution in [3.05, 3.63) is 48.2 Å². The van der Waals surface area contributed by atoms with E-state index in [0.29, 0.717) is 25.7 Å². The topological polar surface area (TPSA) is 161 Å². The van der Waals surface area contributed by atoms with Crippen molar-refractivity contribution in [1.82, 2.24) is 0 Å². The van der Waals surface area contributed by atoms with E-state index in [2.05, 4.69) is 23.5 Å². The molecule has 3 aliphatic rings. The number of allylic oxidation sites excluding steroid dienone is 2. The summed E-state index contributed by atoms with van der Waals surface area (Å²) in [6.45, 7) is 10.2. The molecule has 1 aromatic rings. The number of hydrogen-bond acceptors (Lipinski definition) is 5. The van der Waals surface area contributed by atoms with Crippen LogP contribution in [0.4, 0.5) is 5.69 Å². The fourth-order valence-corrected chi connectivity index (χ4v) is 5.76. The Labute approximate surface area is 229 Å². The second kappa shape index (κ2) is 11.6. The van der Waals surface area contributed by atoms with E-state index in [-0.39, 0.29) is 0 Å². The van der Waals surface area contributed by atoms with Crippen molar-refractivity contribution >= 4 is 35.6 Å². The van der Waals surface area contributed by atoms with Gasteiger partial charge in [0.25, 0.3) is 0 Å². The number of rotatable bonds is 4. The summed E-state index contributed by atoms with van der Waals surface area (Å²) >= 11 is 0. The van der Waals surface area contributed by atoms with Gasteiger partial charge in [-0.1, -0.05) is 58.0 Å². The first-order chi connectivity index (χ1) is 17.9. The van der Waals surface area contributed by atoms with Gasteiger partial charge in [-0.2, -0.15) is 0 Å². The molecule has 2 saturated carbocycles. The van der Waals surface area contributed by atoms with Crippen LogP contribution >= 0.6 is 0 Å². The number of nitrogens with one attached hydrogen (secondary N) is 1. The third kappa shape index (κ3) is 6.02. The first kappa shape index (κ1) is 31.6. The Balaban J connectivity index is 0.000000206. The van der Waals surface area contributed by atoms with Gasteiger partial charge in [-0.05, 0) is 68.1 Å². The first-order valence-corrected chi connectivity index (χ1v) is 13.0. The molecule has 0 radical (unpaired) electrons. The Morgan fingerprint density at radius 1 is 0.718 bits per heavy atom. The maximum Gasteiger partial charge on any atom is 0.309 e. The van der Waals surface area contributed by atoms with E-state index in [9.17, 15) is 19.2 Å². The number of hydrogen-bond donors (Lipinski definition) is 5. The molecule has 0 amide bonds. The molecule has 2 aliphatic carbocycles. The Bertz CT molecular complexity index is 1110. The highest BCUT2D eigenvalue weighted by Crippen LogP contribution is 2.57. The minimum atomic E-state index is -0.921. The van der Waals surface area contributed by atoms with Crippen LogP contribution in [0.25, 0.3) is 6.08 Å². The van der Waals surface area contributed by atoms with E-state index in [1.165, 1.54) is 5.56 Å². The number of para-hydroxylation sites is 1. The summed E-state index contributed by atoms with van der Waals surface area (Å²) < 4.78 is 0. The normalized spacial score (nSPS) is 29.3. The number of carbonyl (C=O) groups is 4. The number of fused-ring (bicyclic) bond motifs is 1. The predicted octanol–water partition coefficient (Wildman–Crippen LogP) is 5.84. The molecular weight excluding hydrogens is 502 g/mol. The lowest BCUT2D eigenvalue weighted by Crippen LogP contribution is -2.42. The summed E-state index contributed by atoms with van der Waals surface area (Å²) in [4.78, 5) is 44.1. The Kier molecular flexibility index (Phi) is 9.43. The lowest BCUT2D eigenvalue weighted by atomic mass is 9.66. The second-order valence-corrected chi connectivity index (χ2v) is 12.0. The van der Waals surface area contributed by atoms with Crippen molar-refractivity contribution in [2.24, 2.45) is 33.5 Å². The first-order valence-electron chi connectivity index (χ1n) is 13.0. The van der Waals surface area contributed by atoms with Gasteiger partial charge in [-0.3, -0.25) is 19.2 Å². The van der Waals surface area contributed by atoms with Crippen molar-refractivity contribution < 1.29 is 39.6 Å². The Hall–Kier alpha value is -3.62. The molecule has 1 aliphatic heterocycles. The van der Waals surface area contributed by atoms with Gasteiger partial charge in [-0.15, -0.1) is 0 Å². The van der Waals surface area contributed by atoms with Crippen LogP contribution in [0.15, 0.2) is 42.6 Å². The molecular formula is C30H41NO8. The molecule has 0 aromatic heterocycles. The number of benzene rings is 1. The molecule has 4 rings (SSSR count). The standard InChI is InChI=1S/C10H9N.2C10H16O4/c1-2-7-10-9(5-1)6-3-4-8-11-10;2*1-9(2)6(7(11)12)4-5-10(9,3)8(13)14/h1-8,11H;2*6H,4-5H2,1-3H3,(H,11,12)(H,13,14). The molecule has 2 fully saturated rings. The summed E-state index contributed by atoms with van der Waals surface area (Å²) in [6.07, 6.45) is 9.81. The largest absolute Gasteiger partial charge is 0.481 e. The molecule has 4 atom stereocenters. The SMILES string of the molecule is C1=CNc2ccccc2C=C1.CC1(C(=O)O)CCC(C(=O)O)C1(C)C.CC1(C(=O)O)CCC(C(=O)O)C1(C)C. The van der Waals surface area contributed by atoms with E-state index >= 15 is 0 Å². The summed E-state index contributed by atoms with van der Waals surface area (Å²) in [5.74, 6) is -4.68. The van der Waals surface area contributed by atoms with Crippen LogP contribution in [-0.4, -0.2) is 44.3 Å². The van der Waals surface area contributed by atoms with Gasteiger partial charge in [0.2, 0.25) is 0 Å². The van der Waals surface area contributed by atoms with Gasteiger partial charge in [0.05, 0.1) is 22.7 Å². The van der Waals surface area contributed by atoms with Crippen LogP contribution in [-0.2, 0) is 19.2 Å². The third-order valence-corrected chi connectivity index (χ3v) is 9.68. The maximum atomic E-state index is 11.1. The van der Waals surface area contributed by atoms with Gasteiger partial charge < -0.3 is 25.7 Å². The summed E-state index contributed by atoms with van der Waals surface area (Å²) in [5, 5.41) is 39.4. The molecule has 214 valence electrons. The lowest BCUT2D eigenvalue weighted by Gasteiger charge is -2.36. The van der Waals surface area contributed by atoms with Crippen molar-refractivity contribution in [3.63, 3.8) is 0 Å². The Morgan fingerprint density at radius 3 is 1.51 bits per heavy atom. The van der Waals surface area contributed by atoms with Gasteiger partial charge >= 0.3 is 23.9 Å². The molecule has 1 heterocycles. The van der Waals surface area contributed by atoms with Gasteiger partial charge in [-0.25, -0.2) is 0 Å². The fraction of sp³-hybridized carbons (Fsp3) is 0.533. The minimum absolute atomic E-state index is 0.437. The van der Waals surface area contributed by atoms with E-state index in [4.69, 9.17) is 20.4 Å². The monoisotopic (exact) mass is 543 g/mol. The smallest absolute Gasteiger partial charge is 0.309 e. The molecule has 0 saturated heterocycles. The van der Waals surface area contributed by atoms with Gasteiger partial charge in [0.15, 0.2) is 0 Å². The number of aliphatic carboxylic acids is 4. The summed E-state index contributed by atoms with van der Waals surface area (Å²) in [7, 11) is 0. The van der Waals surface area contributed by atoms with Crippen molar-refractivity contribution in [2.75, 3.05) is 5.32 Å². The number of carboxylic acid groups (broad SMARTS) is 4. The number of carboxylic acids is 4. The van der Waals surface area contributed by atoms with Crippen LogP contribution in [0.1, 0.15) is 72.8 Å². The molecule has 1 aromatic carbocycles. The van der Waals surface area contributed by atoms with Crippen molar-refractivity contribution in [1.29, 1.82) is 0 Å². The van der Waals surface area contributed by atoms with Crippen LogP contribution in [0.3, 0.4) is 0 Å². The molecule has 0 spiro atoms. The Morgan fingerprint density at radius 2 is 1.15 bits per heavy atom. The van der Waals surface area contributed by atoms with Crippen LogP contribution in [0.2, 0.25) is 0 Å². The minimum Gasteiger partial charge on any atom is -0.481 e. The predicted molar refractivity (Wildman–Crippen MR) is 148 cm³/mol. The molecule has 0 bridgehead atoms. The molecule has 5 N–H and O–H groups in total. The molecule has 39 heavy (non-hydrogen) atoms. The highest BCUT2D eigenvalue weighted by atomic mass is 16.4. The molecule has 9 heteroatoms. The van der Waals surface area contributed by atoms with Gasteiger partial charge in [0.1, 0.15) is 0 Å². The zero-order valence-electron chi connectivity index (χ0n) is 23.5. The van der Waals surface area contributed by atoms with Crippen LogP contribution in [0.5, 0.6) is 0 Å². The summed E-state index contributed by atoms with van der Waals surface area (Å²) in [6, 6.07) is 8.22. The molecule has 9 nitrogen and oxygen atoms in total. The zero-order valence-corrected chi connectivity index (χ0v) is 23.5. The van der Waals surface area contributed by atoms with E-state index in [0.717, 1.165) is 5.69 Å². The third-order valence-electron chi connectivity index (χ3n) is 9.68. The maximum absolute atomic E-state index is 11.1. The quantitative estimate of drug-likeness (QED) is 0.314. The highest BCUT2D eigenvalue weighted by molar-refractivity contribution is 5.81. The van der Waals surface area contributed by atoms with E-state index in [1.807, 2.05) is 30.5 Å². The second-order valence-electron chi connectivity index (χ2n) is 12.0. The van der Waals surface area contributed by atoms with Gasteiger partial charge in [0, 0.05) is 11.9 Å². The average molecular weight is 544 g/mol. The highest BCUT2D eigenvalue weighted by Gasteiger charge is 2.59. The summed E-state index contributed by atoms with van der Waals surface area (Å²) in [5.41, 5.74) is -0.823. The zero-order chi connectivity index (χ0) is 29.8. The van der Waals surface area contributed by atoms with Crippen molar-refractivity contribution in [3.8, 4) is 0 Å². The fourth-order valence-electron chi connectivity index (χ4n) is 5.76. The van der Waals surface area contributed by atoms with E-state index in [1.54, 1.807) is 41.5 Å². The molecule has 4 unspecified atom stereocenters. The van der Waals surface area contributed by atoms with E-state index < -0.39 is 57.4 Å². The van der Waals surface area contributed by atoms with Crippen LogP contribution < -0.4 is 5.32 Å². The lowest BCUT2D eigenvalue weighted by molar-refractivity contribution is -0.159. The number of anilines is 1. The van der Waals surface area contributed by atoms with Crippen molar-refractivity contribution in [2.45, 2.75) is 67.2 Å².